The number of hydrogen-bond donors (Lipinski definition) is 0. The smallest absolute Gasteiger partial charge is 0.147 e. The molecule has 1 unspecified atom stereocenters. The van der Waals surface area contributed by atoms with E-state index in [1.807, 2.05) is 37.3 Å². The summed E-state index contributed by atoms with van der Waals surface area (Å²) in [7, 11) is 0. The molecule has 16 heavy (non-hydrogen) atoms. The summed E-state index contributed by atoms with van der Waals surface area (Å²) in [6.45, 7) is 4.01. The first-order valence-corrected chi connectivity index (χ1v) is 5.29. The van der Waals surface area contributed by atoms with Crippen molar-refractivity contribution in [2.45, 2.75) is 20.3 Å². The van der Waals surface area contributed by atoms with Crippen LogP contribution in [0.3, 0.4) is 0 Å². The van der Waals surface area contributed by atoms with Crippen LogP contribution in [0, 0.1) is 17.2 Å². The van der Waals surface area contributed by atoms with Crippen LogP contribution >= 0.6 is 0 Å². The first-order valence-electron chi connectivity index (χ1n) is 5.29. The molecule has 0 aliphatic rings. The monoisotopic (exact) mass is 217 g/mol. The summed E-state index contributed by atoms with van der Waals surface area (Å²) in [5.74, 6) is 0.178. The van der Waals surface area contributed by atoms with E-state index in [0.29, 0.717) is 13.0 Å². The number of benzene rings is 1. The van der Waals surface area contributed by atoms with Gasteiger partial charge in [0, 0.05) is 0 Å². The molecule has 3 heteroatoms. The van der Waals surface area contributed by atoms with Gasteiger partial charge < -0.3 is 4.74 Å². The number of ether oxygens (including phenoxy) is 1. The van der Waals surface area contributed by atoms with Gasteiger partial charge >= 0.3 is 0 Å². The van der Waals surface area contributed by atoms with Crippen LogP contribution in [0.2, 0.25) is 0 Å². The molecule has 1 aromatic rings. The maximum atomic E-state index is 11.1. The van der Waals surface area contributed by atoms with Gasteiger partial charge in [-0.25, -0.2) is 0 Å². The van der Waals surface area contributed by atoms with E-state index in [-0.39, 0.29) is 5.78 Å². The Bertz CT molecular complexity index is 389. The van der Waals surface area contributed by atoms with Gasteiger partial charge in [0.1, 0.15) is 17.5 Å². The van der Waals surface area contributed by atoms with Gasteiger partial charge in [0.15, 0.2) is 0 Å². The number of ketones is 1. The zero-order chi connectivity index (χ0) is 12.0. The van der Waals surface area contributed by atoms with Gasteiger partial charge in [0.2, 0.25) is 0 Å². The zero-order valence-corrected chi connectivity index (χ0v) is 9.56. The van der Waals surface area contributed by atoms with E-state index in [2.05, 4.69) is 0 Å². The van der Waals surface area contributed by atoms with E-state index in [0.717, 1.165) is 11.3 Å². The molecule has 1 aromatic carbocycles. The number of rotatable bonds is 5. The Morgan fingerprint density at radius 2 is 2.06 bits per heavy atom. The fraction of sp³-hybridized carbons (Fsp3) is 0.385. The highest BCUT2D eigenvalue weighted by atomic mass is 16.5. The number of carbonyl (C=O) groups excluding carboxylic acids is 1. The van der Waals surface area contributed by atoms with E-state index >= 15 is 0 Å². The minimum Gasteiger partial charge on any atom is -0.494 e. The average Bonchev–Trinajstić information content (AvgIpc) is 2.28. The molecular weight excluding hydrogens is 202 g/mol. The molecule has 84 valence electrons. The first-order chi connectivity index (χ1) is 7.67. The third kappa shape index (κ3) is 3.39. The van der Waals surface area contributed by atoms with Crippen LogP contribution in [0.4, 0.5) is 0 Å². The first kappa shape index (κ1) is 12.3. The summed E-state index contributed by atoms with van der Waals surface area (Å²) in [4.78, 5) is 11.1. The Morgan fingerprint density at radius 1 is 1.44 bits per heavy atom. The SMILES string of the molecule is CCOc1ccc(CC(C#N)C(C)=O)cc1. The number of hydrogen-bond acceptors (Lipinski definition) is 3. The van der Waals surface area contributed by atoms with Gasteiger partial charge in [-0.05, 0) is 38.0 Å². The van der Waals surface area contributed by atoms with Crippen LogP contribution in [-0.4, -0.2) is 12.4 Å². The van der Waals surface area contributed by atoms with Gasteiger partial charge in [-0.2, -0.15) is 5.26 Å². The Balaban J connectivity index is 2.68. The minimum absolute atomic E-state index is 0.0867. The lowest BCUT2D eigenvalue weighted by Gasteiger charge is -2.07. The van der Waals surface area contributed by atoms with Crippen molar-refractivity contribution in [3.8, 4) is 11.8 Å². The second kappa shape index (κ2) is 5.92. The molecule has 0 saturated heterocycles. The molecule has 0 aliphatic carbocycles. The number of nitrogens with zero attached hydrogens (tertiary/aromatic N) is 1. The molecule has 1 rings (SSSR count). The predicted molar refractivity (Wildman–Crippen MR) is 61.1 cm³/mol. The zero-order valence-electron chi connectivity index (χ0n) is 9.56. The lowest BCUT2D eigenvalue weighted by Crippen LogP contribution is -2.11. The van der Waals surface area contributed by atoms with E-state index in [1.54, 1.807) is 0 Å². The third-order valence-corrected chi connectivity index (χ3v) is 2.32. The molecule has 0 aromatic heterocycles. The van der Waals surface area contributed by atoms with E-state index in [9.17, 15) is 4.79 Å². The van der Waals surface area contributed by atoms with Crippen molar-refractivity contribution in [1.82, 2.24) is 0 Å². The van der Waals surface area contributed by atoms with Crippen LogP contribution in [0.15, 0.2) is 24.3 Å². The predicted octanol–water partition coefficient (Wildman–Crippen LogP) is 2.36. The van der Waals surface area contributed by atoms with Crippen molar-refractivity contribution in [1.29, 1.82) is 5.26 Å². The fourth-order valence-electron chi connectivity index (χ4n) is 1.40. The molecule has 0 amide bonds. The molecule has 0 fully saturated rings. The summed E-state index contributed by atoms with van der Waals surface area (Å²) in [6.07, 6.45) is 0.470. The molecule has 0 heterocycles. The van der Waals surface area contributed by atoms with Crippen LogP contribution in [-0.2, 0) is 11.2 Å². The van der Waals surface area contributed by atoms with Gasteiger partial charge in [-0.1, -0.05) is 12.1 Å². The maximum Gasteiger partial charge on any atom is 0.147 e. The van der Waals surface area contributed by atoms with E-state index in [4.69, 9.17) is 10.00 Å². The molecule has 1 atom stereocenters. The summed E-state index contributed by atoms with van der Waals surface area (Å²) >= 11 is 0. The third-order valence-electron chi connectivity index (χ3n) is 2.32. The highest BCUT2D eigenvalue weighted by Crippen LogP contribution is 2.15. The minimum atomic E-state index is -0.544. The van der Waals surface area contributed by atoms with Crippen molar-refractivity contribution < 1.29 is 9.53 Å². The van der Waals surface area contributed by atoms with Gasteiger partial charge in [-0.15, -0.1) is 0 Å². The lowest BCUT2D eigenvalue weighted by molar-refractivity contribution is -0.119. The van der Waals surface area contributed by atoms with Crippen molar-refractivity contribution >= 4 is 5.78 Å². The summed E-state index contributed by atoms with van der Waals surface area (Å²) in [6, 6.07) is 9.49. The standard InChI is InChI=1S/C13H15NO2/c1-3-16-13-6-4-11(5-7-13)8-12(9-14)10(2)15/h4-7,12H,3,8H2,1-2H3. The maximum absolute atomic E-state index is 11.1. The van der Waals surface area contributed by atoms with Crippen LogP contribution < -0.4 is 4.74 Å². The molecule has 3 nitrogen and oxygen atoms in total. The van der Waals surface area contributed by atoms with Gasteiger partial charge in [0.25, 0.3) is 0 Å². The Labute approximate surface area is 95.7 Å². The van der Waals surface area contributed by atoms with E-state index < -0.39 is 5.92 Å². The Morgan fingerprint density at radius 3 is 2.50 bits per heavy atom. The fourth-order valence-corrected chi connectivity index (χ4v) is 1.40. The molecule has 0 spiro atoms. The normalized spacial score (nSPS) is 11.6. The molecule has 0 bridgehead atoms. The second-order valence-electron chi connectivity index (χ2n) is 3.57. The highest BCUT2D eigenvalue weighted by molar-refractivity contribution is 5.81. The van der Waals surface area contributed by atoms with Gasteiger partial charge in [-0.3, -0.25) is 4.79 Å². The molecule has 0 N–H and O–H groups in total. The van der Waals surface area contributed by atoms with Crippen molar-refractivity contribution in [3.05, 3.63) is 29.8 Å². The van der Waals surface area contributed by atoms with E-state index in [1.165, 1.54) is 6.92 Å². The molecular formula is C13H15NO2. The Hall–Kier alpha value is -1.82. The summed E-state index contributed by atoms with van der Waals surface area (Å²) in [5.41, 5.74) is 0.977. The molecule has 0 aliphatic heterocycles. The highest BCUT2D eigenvalue weighted by Gasteiger charge is 2.13. The lowest BCUT2D eigenvalue weighted by atomic mass is 9.97. The van der Waals surface area contributed by atoms with Gasteiger partial charge in [0.05, 0.1) is 12.7 Å². The van der Waals surface area contributed by atoms with Crippen LogP contribution in [0.25, 0.3) is 0 Å². The second-order valence-corrected chi connectivity index (χ2v) is 3.57. The van der Waals surface area contributed by atoms with Crippen LogP contribution in [0.1, 0.15) is 19.4 Å². The summed E-state index contributed by atoms with van der Waals surface area (Å²) < 4.78 is 5.31. The average molecular weight is 217 g/mol. The van der Waals surface area contributed by atoms with Crippen LogP contribution in [0.5, 0.6) is 5.75 Å². The molecule has 0 radical (unpaired) electrons. The summed E-state index contributed by atoms with van der Waals surface area (Å²) in [5, 5.41) is 8.80. The largest absolute Gasteiger partial charge is 0.494 e. The number of Topliss-reactive ketones (excluding diaryl/α,β-unsaturated/α-hetero) is 1. The molecule has 0 saturated carbocycles. The van der Waals surface area contributed by atoms with Crippen molar-refractivity contribution in [3.63, 3.8) is 0 Å². The number of nitriles is 1. The van der Waals surface area contributed by atoms with Crippen molar-refractivity contribution in [2.75, 3.05) is 6.61 Å². The quantitative estimate of drug-likeness (QED) is 0.760. The Kier molecular flexibility index (Phi) is 4.53. The van der Waals surface area contributed by atoms with Crippen molar-refractivity contribution in [2.24, 2.45) is 5.92 Å². The number of carbonyl (C=O) groups is 1. The topological polar surface area (TPSA) is 50.1 Å².